The largest absolute Gasteiger partial charge is 0.360 e. The number of nitrogens with one attached hydrogen (secondary N) is 1. The minimum absolute atomic E-state index is 0.0128. The summed E-state index contributed by atoms with van der Waals surface area (Å²) in [5.41, 5.74) is 4.49. The third kappa shape index (κ3) is 4.48. The van der Waals surface area contributed by atoms with Gasteiger partial charge in [-0.05, 0) is 48.2 Å². The summed E-state index contributed by atoms with van der Waals surface area (Å²) in [7, 11) is 1.99. The molecule has 8 nitrogen and oxygen atoms in total. The minimum atomic E-state index is 0.0128. The van der Waals surface area contributed by atoms with Crippen molar-refractivity contribution in [2.75, 3.05) is 18.5 Å². The molecular weight excluding hydrogens is 426 g/mol. The van der Waals surface area contributed by atoms with Gasteiger partial charge in [-0.1, -0.05) is 56.7 Å². The molecule has 4 aromatic rings. The normalized spacial score (nSPS) is 11.1. The first-order valence-corrected chi connectivity index (χ1v) is 11.9. The maximum Gasteiger partial charge on any atom is 0.263 e. The van der Waals surface area contributed by atoms with Crippen molar-refractivity contribution in [3.8, 4) is 28.2 Å². The Labute approximate surface area is 199 Å². The predicted octanol–water partition coefficient (Wildman–Crippen LogP) is 4.44. The van der Waals surface area contributed by atoms with E-state index in [4.69, 9.17) is 4.98 Å². The van der Waals surface area contributed by atoms with Crippen LogP contribution in [0.4, 0.5) is 5.82 Å². The van der Waals surface area contributed by atoms with E-state index >= 15 is 0 Å². The molecule has 8 heteroatoms. The number of unbranched alkanes of at least 4 members (excludes halogenated alkanes) is 1. The molecule has 0 aliphatic carbocycles. The summed E-state index contributed by atoms with van der Waals surface area (Å²) >= 11 is 0. The smallest absolute Gasteiger partial charge is 0.263 e. The van der Waals surface area contributed by atoms with Crippen LogP contribution in [0.2, 0.25) is 0 Å². The lowest BCUT2D eigenvalue weighted by molar-refractivity contribution is 0.700. The van der Waals surface area contributed by atoms with Crippen molar-refractivity contribution in [3.63, 3.8) is 0 Å². The maximum atomic E-state index is 13.7. The van der Waals surface area contributed by atoms with Crippen molar-refractivity contribution < 1.29 is 0 Å². The van der Waals surface area contributed by atoms with Crippen molar-refractivity contribution >= 4 is 5.82 Å². The van der Waals surface area contributed by atoms with Crippen molar-refractivity contribution in [1.82, 2.24) is 30.2 Å². The Bertz CT molecular complexity index is 1290. The maximum absolute atomic E-state index is 13.7. The van der Waals surface area contributed by atoms with E-state index in [1.165, 1.54) is 0 Å². The molecule has 0 atom stereocenters. The van der Waals surface area contributed by atoms with Gasteiger partial charge >= 0.3 is 0 Å². The van der Waals surface area contributed by atoms with Gasteiger partial charge in [-0.2, -0.15) is 5.21 Å². The summed E-state index contributed by atoms with van der Waals surface area (Å²) in [4.78, 5) is 20.7. The van der Waals surface area contributed by atoms with Crippen molar-refractivity contribution in [1.29, 1.82) is 0 Å². The van der Waals surface area contributed by atoms with Crippen LogP contribution in [0, 0.1) is 0 Å². The molecule has 34 heavy (non-hydrogen) atoms. The van der Waals surface area contributed by atoms with Crippen LogP contribution < -0.4 is 10.5 Å². The van der Waals surface area contributed by atoms with Gasteiger partial charge in [-0.3, -0.25) is 9.36 Å². The van der Waals surface area contributed by atoms with Crippen molar-refractivity contribution in [3.05, 3.63) is 70.3 Å². The lowest BCUT2D eigenvalue weighted by Crippen LogP contribution is -2.31. The van der Waals surface area contributed by atoms with Gasteiger partial charge in [0.2, 0.25) is 5.82 Å². The highest BCUT2D eigenvalue weighted by Gasteiger charge is 2.19. The zero-order valence-electron chi connectivity index (χ0n) is 20.2. The van der Waals surface area contributed by atoms with E-state index in [-0.39, 0.29) is 5.56 Å². The number of hydrogen-bond donors (Lipinski definition) is 1. The van der Waals surface area contributed by atoms with E-state index in [1.807, 2.05) is 62.5 Å². The molecule has 0 spiro atoms. The van der Waals surface area contributed by atoms with Crippen LogP contribution in [-0.2, 0) is 12.8 Å². The predicted molar refractivity (Wildman–Crippen MR) is 135 cm³/mol. The first kappa shape index (κ1) is 23.4. The molecule has 2 aromatic heterocycles. The zero-order chi connectivity index (χ0) is 24.1. The second-order valence-electron chi connectivity index (χ2n) is 8.27. The van der Waals surface area contributed by atoms with Gasteiger partial charge in [-0.25, -0.2) is 4.98 Å². The quantitative estimate of drug-likeness (QED) is 0.399. The van der Waals surface area contributed by atoms with Gasteiger partial charge in [0.1, 0.15) is 11.6 Å². The average Bonchev–Trinajstić information content (AvgIpc) is 3.42. The Morgan fingerprint density at radius 3 is 2.35 bits per heavy atom. The third-order valence-electron chi connectivity index (χ3n) is 6.12. The molecule has 0 fully saturated rings. The van der Waals surface area contributed by atoms with Gasteiger partial charge in [0.05, 0.1) is 11.3 Å². The lowest BCUT2D eigenvalue weighted by atomic mass is 9.99. The number of nitrogens with zero attached hydrogens (tertiary/aromatic N) is 6. The molecule has 0 aliphatic rings. The Morgan fingerprint density at radius 2 is 1.74 bits per heavy atom. The summed E-state index contributed by atoms with van der Waals surface area (Å²) in [6.45, 7) is 7.03. The molecule has 1 N–H and O–H groups in total. The number of aryl methyl sites for hydroxylation is 1. The number of hydrogen-bond acceptors (Lipinski definition) is 6. The molecule has 4 rings (SSSR count). The molecule has 0 bridgehead atoms. The van der Waals surface area contributed by atoms with Crippen molar-refractivity contribution in [2.45, 2.75) is 46.5 Å². The third-order valence-corrected chi connectivity index (χ3v) is 6.12. The number of aromatic amines is 1. The van der Waals surface area contributed by atoms with Crippen LogP contribution in [0.5, 0.6) is 0 Å². The molecule has 0 aliphatic heterocycles. The number of rotatable bonds is 9. The molecule has 0 saturated carbocycles. The van der Waals surface area contributed by atoms with Gasteiger partial charge in [0, 0.05) is 25.6 Å². The summed E-state index contributed by atoms with van der Waals surface area (Å²) in [6.07, 6.45) is 3.40. The summed E-state index contributed by atoms with van der Waals surface area (Å²) < 4.78 is 1.79. The second kappa shape index (κ2) is 10.4. The standard InChI is InChI=1S/C26H31N7O/c1-5-8-13-23-27-25(32(4)7-3)20(6-2)26(34)33(23)19-16-14-18(15-17-19)21-11-9-10-12-22(21)24-28-30-31-29-24/h9-12,14-17H,5-8,13H2,1-4H3,(H,28,29,30,31). The SMILES string of the molecule is CCCCc1nc(N(C)CC)c(CC)c(=O)n1-c1ccc(-c2ccccc2-c2nn[nH]n2)cc1. The van der Waals surface area contributed by atoms with E-state index in [2.05, 4.69) is 39.4 Å². The van der Waals surface area contributed by atoms with E-state index in [1.54, 1.807) is 4.57 Å². The van der Waals surface area contributed by atoms with E-state index in [0.29, 0.717) is 12.2 Å². The molecule has 0 unspecified atom stereocenters. The number of anilines is 1. The van der Waals surface area contributed by atoms with E-state index < -0.39 is 0 Å². The first-order valence-electron chi connectivity index (χ1n) is 11.9. The first-order chi connectivity index (χ1) is 16.6. The Hall–Kier alpha value is -3.81. The van der Waals surface area contributed by atoms with Gasteiger partial charge < -0.3 is 4.90 Å². The molecule has 0 amide bonds. The topological polar surface area (TPSA) is 92.6 Å². The molecule has 2 heterocycles. The molecular formula is C26H31N7O. The van der Waals surface area contributed by atoms with Crippen LogP contribution in [0.15, 0.2) is 53.3 Å². The average molecular weight is 458 g/mol. The highest BCUT2D eigenvalue weighted by molar-refractivity contribution is 5.80. The fourth-order valence-electron chi connectivity index (χ4n) is 4.13. The van der Waals surface area contributed by atoms with Gasteiger partial charge in [0.25, 0.3) is 5.56 Å². The highest BCUT2D eigenvalue weighted by atomic mass is 16.1. The van der Waals surface area contributed by atoms with Crippen molar-refractivity contribution in [2.24, 2.45) is 0 Å². The molecule has 176 valence electrons. The van der Waals surface area contributed by atoms with Crippen LogP contribution in [-0.4, -0.2) is 43.8 Å². The Balaban J connectivity index is 1.81. The van der Waals surface area contributed by atoms with Gasteiger partial charge in [-0.15, -0.1) is 10.2 Å². The number of benzene rings is 2. The van der Waals surface area contributed by atoms with E-state index in [9.17, 15) is 4.79 Å². The minimum Gasteiger partial charge on any atom is -0.360 e. The Kier molecular flexibility index (Phi) is 7.15. The molecule has 0 saturated heterocycles. The van der Waals surface area contributed by atoms with Crippen LogP contribution in [0.1, 0.15) is 45.0 Å². The molecule has 0 radical (unpaired) electrons. The number of aromatic nitrogens is 6. The fraction of sp³-hybridized carbons (Fsp3) is 0.346. The fourth-order valence-corrected chi connectivity index (χ4v) is 4.13. The second-order valence-corrected chi connectivity index (χ2v) is 8.27. The number of tetrazole rings is 1. The van der Waals surface area contributed by atoms with Crippen LogP contribution >= 0.6 is 0 Å². The van der Waals surface area contributed by atoms with Crippen LogP contribution in [0.25, 0.3) is 28.2 Å². The zero-order valence-corrected chi connectivity index (χ0v) is 20.2. The van der Waals surface area contributed by atoms with Crippen LogP contribution in [0.3, 0.4) is 0 Å². The molecule has 2 aromatic carbocycles. The summed E-state index contributed by atoms with van der Waals surface area (Å²) in [5.74, 6) is 2.15. The van der Waals surface area contributed by atoms with E-state index in [0.717, 1.165) is 65.4 Å². The lowest BCUT2D eigenvalue weighted by Gasteiger charge is -2.22. The van der Waals surface area contributed by atoms with Gasteiger partial charge in [0.15, 0.2) is 0 Å². The Morgan fingerprint density at radius 1 is 1.00 bits per heavy atom. The summed E-state index contributed by atoms with van der Waals surface area (Å²) in [6, 6.07) is 16.0. The summed E-state index contributed by atoms with van der Waals surface area (Å²) in [5, 5.41) is 14.5. The highest BCUT2D eigenvalue weighted by Crippen LogP contribution is 2.30. The number of H-pyrrole nitrogens is 1. The monoisotopic (exact) mass is 457 g/mol.